The number of rotatable bonds is 3. The van der Waals surface area contributed by atoms with Crippen molar-refractivity contribution in [3.63, 3.8) is 0 Å². The van der Waals surface area contributed by atoms with Crippen molar-refractivity contribution in [3.8, 4) is 0 Å². The number of nitrogens with zero attached hydrogens (tertiary/aromatic N) is 2. The Hall–Kier alpha value is -2.30. The van der Waals surface area contributed by atoms with Crippen LogP contribution >= 0.6 is 0 Å². The average molecular weight is 342 g/mol. The maximum absolute atomic E-state index is 12.1. The Morgan fingerprint density at radius 3 is 2.60 bits per heavy atom. The van der Waals surface area contributed by atoms with Gasteiger partial charge in [-0.2, -0.15) is 0 Å². The van der Waals surface area contributed by atoms with E-state index in [0.29, 0.717) is 11.5 Å². The highest BCUT2D eigenvalue weighted by atomic mass is 16.6. The van der Waals surface area contributed by atoms with Gasteiger partial charge in [0.1, 0.15) is 11.9 Å². The van der Waals surface area contributed by atoms with Crippen molar-refractivity contribution in [1.29, 1.82) is 0 Å². The summed E-state index contributed by atoms with van der Waals surface area (Å²) in [5.74, 6) is 0.542. The minimum absolute atomic E-state index is 0.209. The largest absolute Gasteiger partial charge is 0.444 e. The van der Waals surface area contributed by atoms with Crippen LogP contribution in [0.25, 0.3) is 10.9 Å². The highest BCUT2D eigenvalue weighted by Gasteiger charge is 2.27. The van der Waals surface area contributed by atoms with E-state index in [-0.39, 0.29) is 6.09 Å². The number of aldehydes is 1. The van der Waals surface area contributed by atoms with Gasteiger partial charge in [-0.05, 0) is 63.8 Å². The molecule has 25 heavy (non-hydrogen) atoms. The number of hydrogen-bond donors (Lipinski definition) is 0. The lowest BCUT2D eigenvalue weighted by Crippen LogP contribution is -2.42. The van der Waals surface area contributed by atoms with E-state index >= 15 is 0 Å². The number of carbonyl (C=O) groups excluding carboxylic acids is 2. The van der Waals surface area contributed by atoms with E-state index in [9.17, 15) is 9.59 Å². The third-order valence-corrected chi connectivity index (χ3v) is 4.65. The molecule has 0 radical (unpaired) electrons. The summed E-state index contributed by atoms with van der Waals surface area (Å²) in [5, 5.41) is 1.09. The summed E-state index contributed by atoms with van der Waals surface area (Å²) in [5.41, 5.74) is 1.41. The van der Waals surface area contributed by atoms with E-state index in [1.165, 1.54) is 0 Å². The first-order chi connectivity index (χ1) is 11.9. The fourth-order valence-corrected chi connectivity index (χ4v) is 3.35. The molecule has 5 heteroatoms. The van der Waals surface area contributed by atoms with Gasteiger partial charge in [0, 0.05) is 42.3 Å². The number of carbonyl (C=O) groups is 2. The maximum Gasteiger partial charge on any atom is 0.410 e. The molecule has 0 spiro atoms. The van der Waals surface area contributed by atoms with Crippen molar-refractivity contribution in [1.82, 2.24) is 9.47 Å². The number of benzene rings is 1. The molecular weight excluding hydrogens is 316 g/mol. The summed E-state index contributed by atoms with van der Waals surface area (Å²) in [4.78, 5) is 24.9. The van der Waals surface area contributed by atoms with Crippen molar-refractivity contribution < 1.29 is 14.3 Å². The van der Waals surface area contributed by atoms with E-state index in [0.717, 1.165) is 49.7 Å². The predicted molar refractivity (Wildman–Crippen MR) is 97.9 cm³/mol. The van der Waals surface area contributed by atoms with Crippen LogP contribution in [0, 0.1) is 5.92 Å². The van der Waals surface area contributed by atoms with Gasteiger partial charge in [0.2, 0.25) is 0 Å². The first-order valence-electron chi connectivity index (χ1n) is 8.88. The topological polar surface area (TPSA) is 51.5 Å². The SMILES string of the molecule is CC(C)(C)OC(=O)N1CCC(Cn2ccc3cc(C=O)ccc32)CC1. The molecule has 0 aliphatic carbocycles. The quantitative estimate of drug-likeness (QED) is 0.789. The lowest BCUT2D eigenvalue weighted by Gasteiger charge is -2.33. The zero-order chi connectivity index (χ0) is 18.0. The van der Waals surface area contributed by atoms with Gasteiger partial charge in [-0.25, -0.2) is 4.79 Å². The summed E-state index contributed by atoms with van der Waals surface area (Å²) in [6.45, 7) is 8.11. The maximum atomic E-state index is 12.1. The molecule has 3 rings (SSSR count). The van der Waals surface area contributed by atoms with Gasteiger partial charge in [-0.1, -0.05) is 0 Å². The Morgan fingerprint density at radius 1 is 1.24 bits per heavy atom. The van der Waals surface area contributed by atoms with Crippen LogP contribution in [0.2, 0.25) is 0 Å². The Balaban J connectivity index is 1.59. The minimum Gasteiger partial charge on any atom is -0.444 e. The zero-order valence-corrected chi connectivity index (χ0v) is 15.2. The number of aromatic nitrogens is 1. The molecule has 1 aromatic heterocycles. The van der Waals surface area contributed by atoms with Gasteiger partial charge in [0.05, 0.1) is 0 Å². The zero-order valence-electron chi connectivity index (χ0n) is 15.2. The van der Waals surface area contributed by atoms with Gasteiger partial charge >= 0.3 is 6.09 Å². The summed E-state index contributed by atoms with van der Waals surface area (Å²) in [6, 6.07) is 7.84. The predicted octanol–water partition coefficient (Wildman–Crippen LogP) is 4.10. The Bertz CT molecular complexity index is 765. The Morgan fingerprint density at radius 2 is 1.96 bits per heavy atom. The summed E-state index contributed by atoms with van der Waals surface area (Å²) >= 11 is 0. The van der Waals surface area contributed by atoms with Crippen LogP contribution in [-0.4, -0.2) is 40.5 Å². The van der Waals surface area contributed by atoms with E-state index in [1.807, 2.05) is 43.9 Å². The summed E-state index contributed by atoms with van der Waals surface area (Å²) in [7, 11) is 0. The summed E-state index contributed by atoms with van der Waals surface area (Å²) in [6.07, 6.45) is 4.71. The van der Waals surface area contributed by atoms with E-state index in [2.05, 4.69) is 16.8 Å². The monoisotopic (exact) mass is 342 g/mol. The van der Waals surface area contributed by atoms with Gasteiger partial charge in [0.25, 0.3) is 0 Å². The number of fused-ring (bicyclic) bond motifs is 1. The number of likely N-dealkylation sites (tertiary alicyclic amines) is 1. The van der Waals surface area contributed by atoms with Crippen LogP contribution in [0.15, 0.2) is 30.5 Å². The number of amides is 1. The number of ether oxygens (including phenoxy) is 1. The molecule has 0 N–H and O–H groups in total. The molecule has 5 nitrogen and oxygen atoms in total. The lowest BCUT2D eigenvalue weighted by atomic mass is 9.97. The first-order valence-corrected chi connectivity index (χ1v) is 8.88. The summed E-state index contributed by atoms with van der Waals surface area (Å²) < 4.78 is 7.70. The van der Waals surface area contributed by atoms with Gasteiger partial charge in [-0.15, -0.1) is 0 Å². The molecule has 1 aromatic carbocycles. The minimum atomic E-state index is -0.446. The molecule has 0 bridgehead atoms. The molecule has 1 amide bonds. The van der Waals surface area contributed by atoms with Gasteiger partial charge in [-0.3, -0.25) is 4.79 Å². The Labute approximate surface area is 148 Å². The van der Waals surface area contributed by atoms with Crippen molar-refractivity contribution in [3.05, 3.63) is 36.0 Å². The van der Waals surface area contributed by atoms with E-state index in [1.54, 1.807) is 0 Å². The van der Waals surface area contributed by atoms with Crippen LogP contribution < -0.4 is 0 Å². The molecule has 134 valence electrons. The second-order valence-corrected chi connectivity index (χ2v) is 7.81. The fourth-order valence-electron chi connectivity index (χ4n) is 3.35. The number of hydrogen-bond acceptors (Lipinski definition) is 3. The van der Waals surface area contributed by atoms with Crippen LogP contribution in [0.3, 0.4) is 0 Å². The van der Waals surface area contributed by atoms with Crippen LogP contribution in [0.4, 0.5) is 4.79 Å². The molecular formula is C20H26N2O3. The smallest absolute Gasteiger partial charge is 0.410 e. The van der Waals surface area contributed by atoms with E-state index in [4.69, 9.17) is 4.74 Å². The van der Waals surface area contributed by atoms with Crippen LogP contribution in [0.1, 0.15) is 44.0 Å². The van der Waals surface area contributed by atoms with Crippen LogP contribution in [0.5, 0.6) is 0 Å². The van der Waals surface area contributed by atoms with Crippen molar-refractivity contribution in [2.24, 2.45) is 5.92 Å². The Kier molecular flexibility index (Phi) is 4.84. The van der Waals surface area contributed by atoms with Crippen molar-refractivity contribution in [2.45, 2.75) is 45.8 Å². The second kappa shape index (κ2) is 6.90. The molecule has 2 aromatic rings. The molecule has 1 saturated heterocycles. The second-order valence-electron chi connectivity index (χ2n) is 7.81. The normalized spacial score (nSPS) is 16.2. The van der Waals surface area contributed by atoms with Crippen molar-refractivity contribution in [2.75, 3.05) is 13.1 Å². The third-order valence-electron chi connectivity index (χ3n) is 4.65. The fraction of sp³-hybridized carbons (Fsp3) is 0.500. The molecule has 1 aliphatic rings. The van der Waals surface area contributed by atoms with E-state index < -0.39 is 5.60 Å². The lowest BCUT2D eigenvalue weighted by molar-refractivity contribution is 0.0178. The van der Waals surface area contributed by atoms with Gasteiger partial charge < -0.3 is 14.2 Å². The van der Waals surface area contributed by atoms with Crippen LogP contribution in [-0.2, 0) is 11.3 Å². The molecule has 0 unspecified atom stereocenters. The standard InChI is InChI=1S/C20H26N2O3/c1-20(2,3)25-19(24)21-9-6-15(7-10-21)13-22-11-8-17-12-16(14-23)4-5-18(17)22/h4-5,8,11-12,14-15H,6-7,9-10,13H2,1-3H3. The number of piperidine rings is 1. The molecule has 1 fully saturated rings. The third kappa shape index (κ3) is 4.21. The van der Waals surface area contributed by atoms with Gasteiger partial charge in [0.15, 0.2) is 0 Å². The molecule has 0 atom stereocenters. The average Bonchev–Trinajstić information content (AvgIpc) is 2.96. The molecule has 1 aliphatic heterocycles. The highest BCUT2D eigenvalue weighted by molar-refractivity contribution is 5.87. The van der Waals surface area contributed by atoms with Crippen molar-refractivity contribution >= 4 is 23.3 Å². The molecule has 0 saturated carbocycles. The highest BCUT2D eigenvalue weighted by Crippen LogP contribution is 2.24. The first kappa shape index (κ1) is 17.5. The molecule has 2 heterocycles.